The van der Waals surface area contributed by atoms with E-state index in [1.54, 1.807) is 0 Å². The van der Waals surface area contributed by atoms with Crippen molar-refractivity contribution in [3.05, 3.63) is 0 Å². The lowest BCUT2D eigenvalue weighted by Crippen LogP contribution is -2.54. The van der Waals surface area contributed by atoms with Crippen LogP contribution in [0, 0.1) is 11.3 Å². The van der Waals surface area contributed by atoms with Gasteiger partial charge in [0.2, 0.25) is 0 Å². The number of nitrogens with one attached hydrogen (secondary N) is 1. The van der Waals surface area contributed by atoms with E-state index < -0.39 is 0 Å². The van der Waals surface area contributed by atoms with Crippen molar-refractivity contribution in [1.29, 1.82) is 0 Å². The molecule has 0 amide bonds. The van der Waals surface area contributed by atoms with Crippen LogP contribution in [0.25, 0.3) is 0 Å². The summed E-state index contributed by atoms with van der Waals surface area (Å²) >= 11 is 0. The lowest BCUT2D eigenvalue weighted by molar-refractivity contribution is 0.0861. The maximum atomic E-state index is 3.39. The van der Waals surface area contributed by atoms with Gasteiger partial charge in [-0.15, -0.1) is 0 Å². The van der Waals surface area contributed by atoms with Gasteiger partial charge in [0, 0.05) is 13.1 Å². The molecule has 0 radical (unpaired) electrons. The molecule has 1 heteroatoms. The van der Waals surface area contributed by atoms with Crippen molar-refractivity contribution in [2.45, 2.75) is 46.5 Å². The maximum Gasteiger partial charge on any atom is 0.00202 e. The number of hydrogen-bond donors (Lipinski definition) is 1. The molecule has 1 saturated heterocycles. The van der Waals surface area contributed by atoms with E-state index in [-0.39, 0.29) is 0 Å². The maximum absolute atomic E-state index is 3.39. The zero-order chi connectivity index (χ0) is 9.03. The second kappa shape index (κ2) is 4.27. The molecule has 1 heterocycles. The van der Waals surface area contributed by atoms with Crippen LogP contribution in [0.15, 0.2) is 0 Å². The molecule has 0 atom stereocenters. The molecule has 2 rings (SSSR count). The summed E-state index contributed by atoms with van der Waals surface area (Å²) in [6.45, 7) is 9.00. The Kier molecular flexibility index (Phi) is 3.57. The van der Waals surface area contributed by atoms with Gasteiger partial charge >= 0.3 is 0 Å². The van der Waals surface area contributed by atoms with Crippen molar-refractivity contribution < 1.29 is 0 Å². The van der Waals surface area contributed by atoms with Crippen molar-refractivity contribution in [3.8, 4) is 0 Å². The third-order valence-electron chi connectivity index (χ3n) is 3.33. The molecule has 12 heavy (non-hydrogen) atoms. The summed E-state index contributed by atoms with van der Waals surface area (Å²) in [4.78, 5) is 0. The predicted octanol–water partition coefficient (Wildman–Crippen LogP) is 2.81. The largest absolute Gasteiger partial charge is 0.316 e. The quantitative estimate of drug-likeness (QED) is 0.588. The molecular weight excluding hydrogens is 146 g/mol. The zero-order valence-corrected chi connectivity index (χ0v) is 8.82. The van der Waals surface area contributed by atoms with Crippen LogP contribution >= 0.6 is 0 Å². The normalized spacial score (nSPS) is 27.2. The highest BCUT2D eigenvalue weighted by molar-refractivity contribution is 4.94. The van der Waals surface area contributed by atoms with Crippen LogP contribution in [-0.2, 0) is 0 Å². The Labute approximate surface area is 76.9 Å². The van der Waals surface area contributed by atoms with E-state index in [0.29, 0.717) is 0 Å². The average Bonchev–Trinajstić information content (AvgIpc) is 2.07. The van der Waals surface area contributed by atoms with Crippen LogP contribution in [0.5, 0.6) is 0 Å². The van der Waals surface area contributed by atoms with Crippen LogP contribution in [0.2, 0.25) is 0 Å². The minimum absolute atomic E-state index is 0.770. The first-order valence-corrected chi connectivity index (χ1v) is 5.52. The zero-order valence-electron chi connectivity index (χ0n) is 8.82. The molecule has 1 nitrogen and oxygen atoms in total. The number of hydrogen-bond acceptors (Lipinski definition) is 1. The smallest absolute Gasteiger partial charge is 0.00202 e. The minimum atomic E-state index is 0.770. The average molecular weight is 169 g/mol. The van der Waals surface area contributed by atoms with E-state index in [4.69, 9.17) is 0 Å². The van der Waals surface area contributed by atoms with Crippen LogP contribution in [0.4, 0.5) is 0 Å². The van der Waals surface area contributed by atoms with Crippen molar-refractivity contribution >= 4 is 0 Å². The molecule has 1 spiro atoms. The lowest BCUT2D eigenvalue weighted by atomic mass is 9.67. The summed E-state index contributed by atoms with van der Waals surface area (Å²) in [7, 11) is 0. The second-order valence-electron chi connectivity index (χ2n) is 4.29. The molecule has 0 aromatic heterocycles. The van der Waals surface area contributed by atoms with Crippen LogP contribution in [0.1, 0.15) is 46.5 Å². The molecule has 72 valence electrons. The summed E-state index contributed by atoms with van der Waals surface area (Å²) in [5.74, 6) is 1.01. The molecule has 0 bridgehead atoms. The Morgan fingerprint density at radius 3 is 1.92 bits per heavy atom. The Bertz CT molecular complexity index is 117. The first-order chi connectivity index (χ1) is 5.81. The highest BCUT2D eigenvalue weighted by Gasteiger charge is 2.38. The van der Waals surface area contributed by atoms with Gasteiger partial charge in [-0.05, 0) is 24.2 Å². The fourth-order valence-electron chi connectivity index (χ4n) is 2.21. The molecule has 1 N–H and O–H groups in total. The van der Waals surface area contributed by atoms with Crippen molar-refractivity contribution in [1.82, 2.24) is 5.32 Å². The molecule has 1 aliphatic heterocycles. The second-order valence-corrected chi connectivity index (χ2v) is 4.29. The summed E-state index contributed by atoms with van der Waals surface area (Å²) in [6.07, 6.45) is 5.92. The van der Waals surface area contributed by atoms with Gasteiger partial charge in [-0.2, -0.15) is 0 Å². The Hall–Kier alpha value is -0.0400. The monoisotopic (exact) mass is 169 g/mol. The predicted molar refractivity (Wildman–Crippen MR) is 54.3 cm³/mol. The summed E-state index contributed by atoms with van der Waals surface area (Å²) in [5, 5.41) is 3.39. The fourth-order valence-corrected chi connectivity index (χ4v) is 2.21. The Balaban J connectivity index is 0.000000336. The first-order valence-electron chi connectivity index (χ1n) is 5.52. The Morgan fingerprint density at radius 1 is 1.08 bits per heavy atom. The molecule has 1 saturated carbocycles. The van der Waals surface area contributed by atoms with Gasteiger partial charge < -0.3 is 5.32 Å². The van der Waals surface area contributed by atoms with Gasteiger partial charge in [0.25, 0.3) is 0 Å². The molecule has 2 fully saturated rings. The van der Waals surface area contributed by atoms with Gasteiger partial charge in [0.05, 0.1) is 0 Å². The Morgan fingerprint density at radius 2 is 1.58 bits per heavy atom. The summed E-state index contributed by atoms with van der Waals surface area (Å²) in [5.41, 5.74) is 0.770. The van der Waals surface area contributed by atoms with E-state index in [0.717, 1.165) is 11.3 Å². The van der Waals surface area contributed by atoms with E-state index in [9.17, 15) is 0 Å². The van der Waals surface area contributed by atoms with E-state index in [2.05, 4.69) is 12.2 Å². The molecular formula is C11H23N. The molecule has 0 aromatic carbocycles. The fraction of sp³-hybridized carbons (Fsp3) is 1.00. The van der Waals surface area contributed by atoms with Crippen molar-refractivity contribution in [2.24, 2.45) is 11.3 Å². The number of rotatable bonds is 0. The summed E-state index contributed by atoms with van der Waals surface area (Å²) < 4.78 is 0. The van der Waals surface area contributed by atoms with Gasteiger partial charge in [-0.25, -0.2) is 0 Å². The highest BCUT2D eigenvalue weighted by atomic mass is 15.0. The summed E-state index contributed by atoms with van der Waals surface area (Å²) in [6, 6.07) is 0. The van der Waals surface area contributed by atoms with Gasteiger partial charge in [0.1, 0.15) is 0 Å². The van der Waals surface area contributed by atoms with E-state index in [1.807, 2.05) is 13.8 Å². The van der Waals surface area contributed by atoms with Crippen molar-refractivity contribution in [3.63, 3.8) is 0 Å². The first kappa shape index (κ1) is 10.0. The third-order valence-corrected chi connectivity index (χ3v) is 3.33. The lowest BCUT2D eigenvalue weighted by Gasteiger charge is -2.47. The third kappa shape index (κ3) is 2.01. The van der Waals surface area contributed by atoms with Gasteiger partial charge in [-0.3, -0.25) is 0 Å². The molecule has 0 unspecified atom stereocenters. The van der Waals surface area contributed by atoms with Crippen LogP contribution in [0.3, 0.4) is 0 Å². The van der Waals surface area contributed by atoms with Gasteiger partial charge in [-0.1, -0.05) is 33.6 Å². The van der Waals surface area contributed by atoms with Crippen LogP contribution in [-0.4, -0.2) is 13.1 Å². The topological polar surface area (TPSA) is 12.0 Å². The molecule has 0 aromatic rings. The van der Waals surface area contributed by atoms with Crippen LogP contribution < -0.4 is 5.32 Å². The van der Waals surface area contributed by atoms with E-state index in [1.165, 1.54) is 38.8 Å². The minimum Gasteiger partial charge on any atom is -0.316 e. The molecule has 2 aliphatic rings. The highest BCUT2D eigenvalue weighted by Crippen LogP contribution is 2.41. The standard InChI is InChI=1S/C9H17N.C2H6/c1-8-2-4-9(5-3-8)6-10-7-9;1-2/h8,10H,2-7H2,1H3;1-2H3. The van der Waals surface area contributed by atoms with E-state index >= 15 is 0 Å². The molecule has 1 aliphatic carbocycles. The van der Waals surface area contributed by atoms with Crippen molar-refractivity contribution in [2.75, 3.05) is 13.1 Å². The van der Waals surface area contributed by atoms with Gasteiger partial charge in [0.15, 0.2) is 0 Å². The SMILES string of the molecule is CC.CC1CCC2(CC1)CNC2.